The summed E-state index contributed by atoms with van der Waals surface area (Å²) in [5, 5.41) is 14.7. The number of carbonyl (C=O) groups excluding carboxylic acids is 2. The zero-order valence-corrected chi connectivity index (χ0v) is 31.2. The van der Waals surface area contributed by atoms with E-state index in [0.717, 1.165) is 37.8 Å². The van der Waals surface area contributed by atoms with E-state index in [1.54, 1.807) is 0 Å². The Labute approximate surface area is 311 Å². The Morgan fingerprint density at radius 2 is 1.26 bits per heavy atom. The molecular formula is C37H45ClF5N3O6S. The molecule has 0 aliphatic rings. The van der Waals surface area contributed by atoms with Crippen molar-refractivity contribution in [2.45, 2.75) is 103 Å². The Balaban J connectivity index is 1.73. The van der Waals surface area contributed by atoms with Crippen LogP contribution in [0, 0.1) is 29.1 Å². The molecule has 9 nitrogen and oxygen atoms in total. The summed E-state index contributed by atoms with van der Waals surface area (Å²) in [6.07, 6.45) is 11.1. The van der Waals surface area contributed by atoms with Gasteiger partial charge in [0, 0.05) is 11.8 Å². The minimum Gasteiger partial charge on any atom is -0.506 e. The summed E-state index contributed by atoms with van der Waals surface area (Å²) in [6.45, 7) is 4.05. The van der Waals surface area contributed by atoms with Gasteiger partial charge in [0.05, 0.1) is 22.2 Å². The van der Waals surface area contributed by atoms with Gasteiger partial charge in [-0.3, -0.25) is 14.3 Å². The topological polar surface area (TPSA) is 134 Å². The van der Waals surface area contributed by atoms with Gasteiger partial charge in [-0.1, -0.05) is 89.7 Å². The number of ether oxygens (including phenoxy) is 1. The molecule has 0 saturated carbocycles. The maximum Gasteiger partial charge on any atom is 0.265 e. The number of amides is 2. The van der Waals surface area contributed by atoms with Gasteiger partial charge in [0.2, 0.25) is 15.8 Å². The maximum atomic E-state index is 14.2. The highest BCUT2D eigenvalue weighted by atomic mass is 35.5. The summed E-state index contributed by atoms with van der Waals surface area (Å²) in [6, 6.07) is 7.86. The predicted octanol–water partition coefficient (Wildman–Crippen LogP) is 10.2. The lowest BCUT2D eigenvalue weighted by molar-refractivity contribution is -0.123. The number of unbranched alkanes of at least 4 members (excludes halogenated alkanes) is 10. The second-order valence-corrected chi connectivity index (χ2v) is 14.9. The van der Waals surface area contributed by atoms with Crippen LogP contribution in [0.1, 0.15) is 108 Å². The van der Waals surface area contributed by atoms with E-state index in [1.165, 1.54) is 56.4 Å². The van der Waals surface area contributed by atoms with E-state index in [2.05, 4.69) is 17.0 Å². The lowest BCUT2D eigenvalue weighted by Crippen LogP contribution is -2.33. The molecule has 0 aromatic heterocycles. The lowest BCUT2D eigenvalue weighted by atomic mass is 10.0. The van der Waals surface area contributed by atoms with Gasteiger partial charge < -0.3 is 20.5 Å². The zero-order chi connectivity index (χ0) is 39.1. The summed E-state index contributed by atoms with van der Waals surface area (Å²) >= 11 is 6.30. The van der Waals surface area contributed by atoms with Gasteiger partial charge in [-0.25, -0.2) is 30.4 Å². The predicted molar refractivity (Wildman–Crippen MR) is 196 cm³/mol. The first-order chi connectivity index (χ1) is 25.2. The highest BCUT2D eigenvalue weighted by Crippen LogP contribution is 2.35. The number of phenols is 1. The molecule has 0 radical (unpaired) electrons. The van der Waals surface area contributed by atoms with Crippen molar-refractivity contribution in [3.63, 3.8) is 0 Å². The van der Waals surface area contributed by atoms with Crippen LogP contribution in [0.25, 0.3) is 0 Å². The molecule has 292 valence electrons. The van der Waals surface area contributed by atoms with Crippen LogP contribution in [0.4, 0.5) is 39.0 Å². The monoisotopic (exact) mass is 789 g/mol. The SMILES string of the molecule is CCCCCCCCCCCCC(Oc1ccc(NS(=O)(=O)CCCC)cc1)C(=O)Nc1cc(O)c(NC(=O)c2c(F)c(F)c(F)c(F)c2F)cc1Cl. The molecular weight excluding hydrogens is 745 g/mol. The van der Waals surface area contributed by atoms with E-state index >= 15 is 0 Å². The van der Waals surface area contributed by atoms with Crippen molar-refractivity contribution in [1.29, 1.82) is 0 Å². The van der Waals surface area contributed by atoms with Gasteiger partial charge in [0.1, 0.15) is 17.1 Å². The Morgan fingerprint density at radius 3 is 1.83 bits per heavy atom. The third kappa shape index (κ3) is 13.1. The van der Waals surface area contributed by atoms with Crippen molar-refractivity contribution in [2.75, 3.05) is 21.1 Å². The summed E-state index contributed by atoms with van der Waals surface area (Å²) in [7, 11) is -3.54. The Bertz CT molecular complexity index is 1790. The van der Waals surface area contributed by atoms with Gasteiger partial charge in [0.25, 0.3) is 11.8 Å². The summed E-state index contributed by atoms with van der Waals surface area (Å²) in [5.74, 6) is -14.8. The number of aromatic hydroxyl groups is 1. The molecule has 3 rings (SSSR count). The molecule has 0 heterocycles. The minimum atomic E-state index is -3.54. The number of carbonyl (C=O) groups is 2. The van der Waals surface area contributed by atoms with Crippen molar-refractivity contribution >= 4 is 50.5 Å². The fourth-order valence-electron chi connectivity index (χ4n) is 5.35. The van der Waals surface area contributed by atoms with Crippen LogP contribution in [0.5, 0.6) is 11.5 Å². The molecule has 2 amide bonds. The molecule has 16 heteroatoms. The molecule has 53 heavy (non-hydrogen) atoms. The molecule has 0 spiro atoms. The number of phenolic OH excluding ortho intramolecular Hbond substituents is 1. The van der Waals surface area contributed by atoms with Crippen molar-refractivity contribution in [1.82, 2.24) is 0 Å². The first-order valence-electron chi connectivity index (χ1n) is 17.6. The number of benzene rings is 3. The van der Waals surface area contributed by atoms with Crippen LogP contribution >= 0.6 is 11.6 Å². The fraction of sp³-hybridized carbons (Fsp3) is 0.459. The Kier molecular flexibility index (Phi) is 17.1. The van der Waals surface area contributed by atoms with E-state index < -0.39 is 74.0 Å². The summed E-state index contributed by atoms with van der Waals surface area (Å²) in [5.41, 5.74) is -2.15. The van der Waals surface area contributed by atoms with Crippen LogP contribution in [0.15, 0.2) is 36.4 Å². The van der Waals surface area contributed by atoms with E-state index in [4.69, 9.17) is 16.3 Å². The Hall–Kier alpha value is -4.11. The minimum absolute atomic E-state index is 0.0281. The summed E-state index contributed by atoms with van der Waals surface area (Å²) < 4.78 is 102. The number of anilines is 3. The molecule has 3 aromatic rings. The molecule has 0 saturated heterocycles. The quantitative estimate of drug-likeness (QED) is 0.0263. The third-order valence-electron chi connectivity index (χ3n) is 8.31. The molecule has 0 fully saturated rings. The molecule has 0 aliphatic carbocycles. The van der Waals surface area contributed by atoms with Crippen molar-refractivity contribution in [3.8, 4) is 11.5 Å². The normalized spacial score (nSPS) is 12.0. The maximum absolute atomic E-state index is 14.2. The highest BCUT2D eigenvalue weighted by molar-refractivity contribution is 7.92. The number of hydrogen-bond donors (Lipinski definition) is 4. The van der Waals surface area contributed by atoms with Gasteiger partial charge in [-0.2, -0.15) is 0 Å². The van der Waals surface area contributed by atoms with E-state index in [9.17, 15) is 45.1 Å². The number of halogens is 6. The van der Waals surface area contributed by atoms with Gasteiger partial charge >= 0.3 is 0 Å². The van der Waals surface area contributed by atoms with E-state index in [1.807, 2.05) is 12.2 Å². The Morgan fingerprint density at radius 1 is 0.736 bits per heavy atom. The lowest BCUT2D eigenvalue weighted by Gasteiger charge is -2.20. The highest BCUT2D eigenvalue weighted by Gasteiger charge is 2.30. The molecule has 3 aromatic carbocycles. The second-order valence-electron chi connectivity index (χ2n) is 12.6. The average molecular weight is 790 g/mol. The van der Waals surface area contributed by atoms with Crippen molar-refractivity contribution in [3.05, 3.63) is 76.1 Å². The number of rotatable bonds is 22. The standard InChI is InChI=1S/C37H45ClF5N3O6S/c1-3-5-7-8-9-10-11-12-13-14-15-29(52-24-18-16-23(17-19-24)46-53(50,51)20-6-4-2)36(48)44-26-22-28(47)27(21-25(26)38)45-37(49)30-31(39)33(41)35(43)34(42)32(30)40/h16-19,21-22,29,46-47H,3-15,20H2,1-2H3,(H,44,48)(H,45,49). The van der Waals surface area contributed by atoms with Gasteiger partial charge in [0.15, 0.2) is 29.4 Å². The number of nitrogens with one attached hydrogen (secondary N) is 3. The van der Waals surface area contributed by atoms with Crippen molar-refractivity contribution < 1.29 is 49.8 Å². The molecule has 4 N–H and O–H groups in total. The van der Waals surface area contributed by atoms with Gasteiger partial charge in [-0.05, 0) is 49.6 Å². The second kappa shape index (κ2) is 21.0. The fourth-order valence-corrected chi connectivity index (χ4v) is 6.83. The van der Waals surface area contributed by atoms with E-state index in [0.29, 0.717) is 24.9 Å². The molecule has 0 aliphatic heterocycles. The van der Waals surface area contributed by atoms with Crippen LogP contribution in [-0.4, -0.2) is 37.2 Å². The third-order valence-corrected chi connectivity index (χ3v) is 10.00. The zero-order valence-electron chi connectivity index (χ0n) is 29.6. The van der Waals surface area contributed by atoms with E-state index in [-0.39, 0.29) is 28.6 Å². The number of hydrogen-bond acceptors (Lipinski definition) is 6. The van der Waals surface area contributed by atoms with Crippen LogP contribution in [0.2, 0.25) is 5.02 Å². The molecule has 0 bridgehead atoms. The summed E-state index contributed by atoms with van der Waals surface area (Å²) in [4.78, 5) is 26.0. The largest absolute Gasteiger partial charge is 0.506 e. The first-order valence-corrected chi connectivity index (χ1v) is 19.6. The first kappa shape index (κ1) is 43.3. The van der Waals surface area contributed by atoms with Gasteiger partial charge in [-0.15, -0.1) is 0 Å². The van der Waals surface area contributed by atoms with Crippen LogP contribution in [-0.2, 0) is 14.8 Å². The molecule has 1 unspecified atom stereocenters. The molecule has 1 atom stereocenters. The smallest absolute Gasteiger partial charge is 0.265 e. The average Bonchev–Trinajstić information content (AvgIpc) is 3.12. The van der Waals surface area contributed by atoms with Crippen LogP contribution < -0.4 is 20.1 Å². The van der Waals surface area contributed by atoms with Crippen molar-refractivity contribution in [2.24, 2.45) is 0 Å². The number of sulfonamides is 1. The van der Waals surface area contributed by atoms with Crippen LogP contribution in [0.3, 0.4) is 0 Å².